The number of carbonyl (C=O) groups is 2. The Bertz CT molecular complexity index is 870. The summed E-state index contributed by atoms with van der Waals surface area (Å²) in [5, 5.41) is 0. The summed E-state index contributed by atoms with van der Waals surface area (Å²) >= 11 is 0. The van der Waals surface area contributed by atoms with Gasteiger partial charge in [-0.25, -0.2) is 4.79 Å². The molecule has 2 aromatic carbocycles. The molecule has 2 heterocycles. The number of cyclic esters (lactones) is 1. The van der Waals surface area contributed by atoms with Gasteiger partial charge in [0, 0.05) is 39.1 Å². The summed E-state index contributed by atoms with van der Waals surface area (Å²) in [6.07, 6.45) is 4.04. The van der Waals surface area contributed by atoms with Crippen LogP contribution in [0.15, 0.2) is 60.7 Å². The van der Waals surface area contributed by atoms with Crippen LogP contribution >= 0.6 is 0 Å². The van der Waals surface area contributed by atoms with Crippen molar-refractivity contribution in [3.63, 3.8) is 0 Å². The maximum Gasteiger partial charge on any atom is 0.339 e. The van der Waals surface area contributed by atoms with E-state index < -0.39 is 12.1 Å². The van der Waals surface area contributed by atoms with Crippen LogP contribution < -0.4 is 0 Å². The lowest BCUT2D eigenvalue weighted by Crippen LogP contribution is -2.53. The smallest absolute Gasteiger partial charge is 0.339 e. The Morgan fingerprint density at radius 1 is 1.00 bits per heavy atom. The molecule has 2 aliphatic heterocycles. The lowest BCUT2D eigenvalue weighted by Gasteiger charge is -2.36. The molecule has 1 atom stereocenters. The van der Waals surface area contributed by atoms with Gasteiger partial charge < -0.3 is 9.64 Å². The second-order valence-corrected chi connectivity index (χ2v) is 7.19. The molecule has 2 aromatic rings. The van der Waals surface area contributed by atoms with Crippen LogP contribution in [0.3, 0.4) is 0 Å². The molecule has 1 unspecified atom stereocenters. The van der Waals surface area contributed by atoms with Crippen LogP contribution in [0.1, 0.15) is 21.5 Å². The number of hydrogen-bond donors (Lipinski definition) is 0. The molecule has 1 fully saturated rings. The average Bonchev–Trinajstić information content (AvgIpc) is 2.74. The number of benzene rings is 2. The summed E-state index contributed by atoms with van der Waals surface area (Å²) < 4.78 is 5.41. The van der Waals surface area contributed by atoms with Gasteiger partial charge in [0.1, 0.15) is 0 Å². The Hall–Kier alpha value is -2.92. The van der Waals surface area contributed by atoms with Crippen molar-refractivity contribution in [2.45, 2.75) is 12.5 Å². The highest BCUT2D eigenvalue weighted by molar-refractivity contribution is 5.95. The lowest BCUT2D eigenvalue weighted by atomic mass is 9.98. The summed E-state index contributed by atoms with van der Waals surface area (Å²) in [6, 6.07) is 17.6. The SMILES string of the molecule is O=C1OC(C(=O)N2CCN(C/C=C/c3ccccc3)CC2)Cc2ccccc21. The fourth-order valence-corrected chi connectivity index (χ4v) is 3.73. The summed E-state index contributed by atoms with van der Waals surface area (Å²) in [4.78, 5) is 29.1. The third-order valence-electron chi connectivity index (χ3n) is 5.32. The summed E-state index contributed by atoms with van der Waals surface area (Å²) in [5.41, 5.74) is 2.65. The highest BCUT2D eigenvalue weighted by Crippen LogP contribution is 2.22. The van der Waals surface area contributed by atoms with E-state index in [0.29, 0.717) is 25.1 Å². The highest BCUT2D eigenvalue weighted by atomic mass is 16.5. The first kappa shape index (κ1) is 18.4. The number of rotatable bonds is 4. The van der Waals surface area contributed by atoms with Crippen LogP contribution in [0.5, 0.6) is 0 Å². The van der Waals surface area contributed by atoms with Crippen molar-refractivity contribution in [1.29, 1.82) is 0 Å². The van der Waals surface area contributed by atoms with E-state index in [-0.39, 0.29) is 5.91 Å². The highest BCUT2D eigenvalue weighted by Gasteiger charge is 2.34. The molecule has 5 nitrogen and oxygen atoms in total. The van der Waals surface area contributed by atoms with Crippen LogP contribution in [-0.4, -0.2) is 60.5 Å². The first-order chi connectivity index (χ1) is 13.7. The molecule has 0 bridgehead atoms. The van der Waals surface area contributed by atoms with Gasteiger partial charge >= 0.3 is 5.97 Å². The molecular weight excluding hydrogens is 352 g/mol. The van der Waals surface area contributed by atoms with E-state index in [4.69, 9.17) is 4.74 Å². The second-order valence-electron chi connectivity index (χ2n) is 7.19. The minimum atomic E-state index is -0.702. The van der Waals surface area contributed by atoms with Crippen LogP contribution in [0, 0.1) is 0 Å². The molecule has 1 amide bonds. The third-order valence-corrected chi connectivity index (χ3v) is 5.32. The minimum Gasteiger partial charge on any atom is -0.448 e. The van der Waals surface area contributed by atoms with E-state index in [1.807, 2.05) is 41.3 Å². The zero-order valence-corrected chi connectivity index (χ0v) is 15.8. The van der Waals surface area contributed by atoms with E-state index >= 15 is 0 Å². The standard InChI is InChI=1S/C23H24N2O3/c26-22(21-17-19-10-4-5-11-20(19)23(27)28-21)25-15-13-24(14-16-25)12-6-9-18-7-2-1-3-8-18/h1-11,21H,12-17H2/b9-6+. The first-order valence-electron chi connectivity index (χ1n) is 9.72. The molecule has 0 saturated carbocycles. The third kappa shape index (κ3) is 4.15. The monoisotopic (exact) mass is 376 g/mol. The molecule has 1 saturated heterocycles. The molecule has 2 aliphatic rings. The number of fused-ring (bicyclic) bond motifs is 1. The van der Waals surface area contributed by atoms with Gasteiger partial charge in [-0.2, -0.15) is 0 Å². The summed E-state index contributed by atoms with van der Waals surface area (Å²) in [5.74, 6) is -0.479. The van der Waals surface area contributed by atoms with E-state index in [0.717, 1.165) is 25.2 Å². The summed E-state index contributed by atoms with van der Waals surface area (Å²) in [7, 11) is 0. The number of carbonyl (C=O) groups excluding carboxylic acids is 2. The van der Waals surface area contributed by atoms with Gasteiger partial charge in [0.15, 0.2) is 6.10 Å². The molecule has 0 spiro atoms. The van der Waals surface area contributed by atoms with Crippen LogP contribution in [0.2, 0.25) is 0 Å². The predicted molar refractivity (Wildman–Crippen MR) is 108 cm³/mol. The fourth-order valence-electron chi connectivity index (χ4n) is 3.73. The van der Waals surface area contributed by atoms with E-state index in [1.165, 1.54) is 5.56 Å². The minimum absolute atomic E-state index is 0.0812. The Labute approximate surface area is 165 Å². The lowest BCUT2D eigenvalue weighted by molar-refractivity contribution is -0.142. The van der Waals surface area contributed by atoms with Crippen molar-refractivity contribution in [1.82, 2.24) is 9.80 Å². The maximum atomic E-state index is 12.8. The van der Waals surface area contributed by atoms with Gasteiger partial charge in [-0.05, 0) is 17.2 Å². The first-order valence-corrected chi connectivity index (χ1v) is 9.72. The Morgan fingerprint density at radius 3 is 2.50 bits per heavy atom. The molecule has 0 radical (unpaired) electrons. The number of esters is 1. The molecule has 0 aromatic heterocycles. The number of piperazine rings is 1. The number of ether oxygens (including phenoxy) is 1. The van der Waals surface area contributed by atoms with Crippen LogP contribution in [-0.2, 0) is 16.0 Å². The zero-order chi connectivity index (χ0) is 19.3. The van der Waals surface area contributed by atoms with Crippen LogP contribution in [0.4, 0.5) is 0 Å². The average molecular weight is 376 g/mol. The van der Waals surface area contributed by atoms with E-state index in [9.17, 15) is 9.59 Å². The quantitative estimate of drug-likeness (QED) is 0.770. The van der Waals surface area contributed by atoms with Crippen LogP contribution in [0.25, 0.3) is 6.08 Å². The maximum absolute atomic E-state index is 12.8. The molecule has 28 heavy (non-hydrogen) atoms. The number of nitrogens with zero attached hydrogens (tertiary/aromatic N) is 2. The Kier molecular flexibility index (Phi) is 5.53. The van der Waals surface area contributed by atoms with Crippen molar-refractivity contribution in [3.05, 3.63) is 77.4 Å². The molecule has 5 heteroatoms. The molecular formula is C23H24N2O3. The number of amides is 1. The topological polar surface area (TPSA) is 49.9 Å². The van der Waals surface area contributed by atoms with E-state index in [1.54, 1.807) is 6.07 Å². The van der Waals surface area contributed by atoms with Crippen molar-refractivity contribution < 1.29 is 14.3 Å². The molecule has 4 rings (SSSR count). The van der Waals surface area contributed by atoms with Gasteiger partial charge in [-0.3, -0.25) is 9.69 Å². The second kappa shape index (κ2) is 8.40. The normalized spacial score (nSPS) is 20.1. The summed E-state index contributed by atoms with van der Waals surface area (Å²) in [6.45, 7) is 3.83. The van der Waals surface area contributed by atoms with Gasteiger partial charge in [0.2, 0.25) is 0 Å². The van der Waals surface area contributed by atoms with Gasteiger partial charge in [-0.15, -0.1) is 0 Å². The largest absolute Gasteiger partial charge is 0.448 e. The fraction of sp³-hybridized carbons (Fsp3) is 0.304. The number of hydrogen-bond acceptors (Lipinski definition) is 4. The zero-order valence-electron chi connectivity index (χ0n) is 15.8. The Morgan fingerprint density at radius 2 is 1.71 bits per heavy atom. The van der Waals surface area contributed by atoms with Gasteiger partial charge in [0.25, 0.3) is 5.91 Å². The van der Waals surface area contributed by atoms with Crippen molar-refractivity contribution >= 4 is 18.0 Å². The molecule has 0 aliphatic carbocycles. The van der Waals surface area contributed by atoms with E-state index in [2.05, 4.69) is 29.2 Å². The van der Waals surface area contributed by atoms with Gasteiger partial charge in [-0.1, -0.05) is 60.7 Å². The molecule has 0 N–H and O–H groups in total. The Balaban J connectivity index is 1.29. The van der Waals surface area contributed by atoms with Crippen molar-refractivity contribution in [3.8, 4) is 0 Å². The van der Waals surface area contributed by atoms with Crippen molar-refractivity contribution in [2.75, 3.05) is 32.7 Å². The van der Waals surface area contributed by atoms with Gasteiger partial charge in [0.05, 0.1) is 5.56 Å². The predicted octanol–water partition coefficient (Wildman–Crippen LogP) is 2.63. The van der Waals surface area contributed by atoms with Crippen molar-refractivity contribution in [2.24, 2.45) is 0 Å². The molecule has 144 valence electrons.